The van der Waals surface area contributed by atoms with Crippen molar-refractivity contribution >= 4 is 27.5 Å². The average molecular weight is 409 g/mol. The Bertz CT molecular complexity index is 878. The maximum Gasteiger partial charge on any atom is 0.324 e. The second-order valence-corrected chi connectivity index (χ2v) is 8.27. The summed E-state index contributed by atoms with van der Waals surface area (Å²) in [6, 6.07) is 7.40. The molecule has 0 aliphatic carbocycles. The molecule has 0 bridgehead atoms. The molecule has 0 amide bonds. The van der Waals surface area contributed by atoms with Gasteiger partial charge in [-0.15, -0.1) is 12.3 Å². The van der Waals surface area contributed by atoms with Gasteiger partial charge in [-0.2, -0.15) is 0 Å². The van der Waals surface area contributed by atoms with Gasteiger partial charge in [0.05, 0.1) is 19.1 Å². The van der Waals surface area contributed by atoms with Crippen LogP contribution in [-0.2, 0) is 28.9 Å². The Kier molecular flexibility index (Phi) is 7.76. The summed E-state index contributed by atoms with van der Waals surface area (Å²) in [6.07, 6.45) is 4.28. The molecule has 9 heteroatoms. The zero-order chi connectivity index (χ0) is 21.5. The van der Waals surface area contributed by atoms with Gasteiger partial charge in [-0.05, 0) is 12.1 Å². The summed E-state index contributed by atoms with van der Waals surface area (Å²) >= 11 is 0. The van der Waals surface area contributed by atoms with Crippen molar-refractivity contribution in [2.24, 2.45) is 5.41 Å². The van der Waals surface area contributed by atoms with Gasteiger partial charge < -0.3 is 14.7 Å². The number of carbonyl (C=O) groups excluding carboxylic acids is 2. The first kappa shape index (κ1) is 23.2. The van der Waals surface area contributed by atoms with E-state index in [1.165, 1.54) is 31.2 Å². The SMILES string of the molecule is C#CCC(CC(/C(C)=[N+](/C)[O-])S(=O)(=O)c1ccccc1)(C(=O)OC)C(=O)OC. The number of sulfone groups is 1. The van der Waals surface area contributed by atoms with Crippen molar-refractivity contribution in [2.45, 2.75) is 29.9 Å². The normalized spacial score (nSPS) is 13.7. The Morgan fingerprint density at radius 3 is 2.11 bits per heavy atom. The van der Waals surface area contributed by atoms with E-state index in [0.29, 0.717) is 4.74 Å². The molecular weight excluding hydrogens is 386 g/mol. The minimum absolute atomic E-state index is 0.0643. The summed E-state index contributed by atoms with van der Waals surface area (Å²) in [4.78, 5) is 24.9. The molecule has 0 aliphatic heterocycles. The predicted molar refractivity (Wildman–Crippen MR) is 102 cm³/mol. The molecule has 28 heavy (non-hydrogen) atoms. The molecule has 1 unspecified atom stereocenters. The van der Waals surface area contributed by atoms with Crippen LogP contribution in [0.3, 0.4) is 0 Å². The zero-order valence-corrected chi connectivity index (χ0v) is 17.0. The van der Waals surface area contributed by atoms with Gasteiger partial charge in [-0.1, -0.05) is 18.2 Å². The number of benzene rings is 1. The van der Waals surface area contributed by atoms with E-state index in [2.05, 4.69) is 5.92 Å². The summed E-state index contributed by atoms with van der Waals surface area (Å²) in [5.41, 5.74) is -2.19. The predicted octanol–water partition coefficient (Wildman–Crippen LogP) is 1.18. The van der Waals surface area contributed by atoms with E-state index in [-0.39, 0.29) is 10.6 Å². The van der Waals surface area contributed by atoms with Crippen LogP contribution in [0.5, 0.6) is 0 Å². The first-order chi connectivity index (χ1) is 13.1. The number of rotatable bonds is 8. The molecule has 1 aromatic rings. The number of carbonyl (C=O) groups is 2. The third-order valence-electron chi connectivity index (χ3n) is 4.50. The number of nitrogens with zero attached hydrogens (tertiary/aromatic N) is 1. The number of methoxy groups -OCH3 is 2. The third-order valence-corrected chi connectivity index (χ3v) is 6.69. The Labute approximate surface area is 164 Å². The first-order valence-corrected chi connectivity index (χ1v) is 9.76. The zero-order valence-electron chi connectivity index (χ0n) is 16.2. The monoisotopic (exact) mass is 409 g/mol. The smallest absolute Gasteiger partial charge is 0.324 e. The van der Waals surface area contributed by atoms with E-state index in [1.54, 1.807) is 6.07 Å². The Balaban J connectivity index is 3.71. The lowest BCUT2D eigenvalue weighted by Crippen LogP contribution is -2.47. The fraction of sp³-hybridized carbons (Fsp3) is 0.421. The van der Waals surface area contributed by atoms with Crippen LogP contribution in [0.15, 0.2) is 35.2 Å². The standard InChI is InChI=1S/C19H23NO7S/c1-6-12-19(17(21)26-4,18(22)27-5)13-16(14(2)20(3)23)28(24,25)15-10-8-7-9-11-15/h1,7-11,16H,12-13H2,2-5H3/b20-14-. The van der Waals surface area contributed by atoms with E-state index in [4.69, 9.17) is 15.9 Å². The van der Waals surface area contributed by atoms with Crippen LogP contribution >= 0.6 is 0 Å². The minimum atomic E-state index is -4.14. The van der Waals surface area contributed by atoms with E-state index in [0.717, 1.165) is 21.3 Å². The summed E-state index contributed by atoms with van der Waals surface area (Å²) in [5.74, 6) is 0.136. The summed E-state index contributed by atoms with van der Waals surface area (Å²) in [6.45, 7) is 1.31. The van der Waals surface area contributed by atoms with Gasteiger partial charge in [0.15, 0.2) is 21.0 Å². The highest BCUT2D eigenvalue weighted by molar-refractivity contribution is 7.92. The van der Waals surface area contributed by atoms with E-state index >= 15 is 0 Å². The van der Waals surface area contributed by atoms with Gasteiger partial charge in [-0.25, -0.2) is 13.2 Å². The van der Waals surface area contributed by atoms with Crippen LogP contribution in [0, 0.1) is 23.0 Å². The number of hydrogen-bond acceptors (Lipinski definition) is 7. The quantitative estimate of drug-likeness (QED) is 0.120. The molecule has 0 aliphatic rings. The van der Waals surface area contributed by atoms with Crippen LogP contribution in [0.25, 0.3) is 0 Å². The molecule has 0 aromatic heterocycles. The molecule has 0 radical (unpaired) electrons. The topological polar surface area (TPSA) is 113 Å². The van der Waals surface area contributed by atoms with Crippen molar-refractivity contribution in [2.75, 3.05) is 21.3 Å². The molecule has 1 atom stereocenters. The molecule has 1 rings (SSSR count). The Hall–Kier alpha value is -2.86. The second kappa shape index (κ2) is 9.37. The molecular formula is C19H23NO7S. The van der Waals surface area contributed by atoms with E-state index in [9.17, 15) is 23.2 Å². The lowest BCUT2D eigenvalue weighted by atomic mass is 9.79. The van der Waals surface area contributed by atoms with Crippen molar-refractivity contribution in [3.05, 3.63) is 35.5 Å². The molecule has 0 spiro atoms. The fourth-order valence-electron chi connectivity index (χ4n) is 2.81. The highest BCUT2D eigenvalue weighted by Crippen LogP contribution is 2.35. The van der Waals surface area contributed by atoms with Crippen molar-refractivity contribution < 1.29 is 32.2 Å². The minimum Gasteiger partial charge on any atom is -0.624 e. The average Bonchev–Trinajstić information content (AvgIpc) is 2.69. The fourth-order valence-corrected chi connectivity index (χ4v) is 4.77. The first-order valence-electron chi connectivity index (χ1n) is 8.22. The Morgan fingerprint density at radius 2 is 1.71 bits per heavy atom. The lowest BCUT2D eigenvalue weighted by molar-refractivity contribution is -0.424. The molecule has 0 N–H and O–H groups in total. The molecule has 0 fully saturated rings. The summed E-state index contributed by atoms with van der Waals surface area (Å²) in [7, 11) is -0.918. The van der Waals surface area contributed by atoms with Crippen molar-refractivity contribution in [1.29, 1.82) is 0 Å². The number of terminal acetylenes is 1. The number of hydroxylamine groups is 1. The molecule has 152 valence electrons. The number of ether oxygens (including phenoxy) is 2. The largest absolute Gasteiger partial charge is 0.624 e. The highest BCUT2D eigenvalue weighted by atomic mass is 32.2. The molecule has 0 saturated carbocycles. The highest BCUT2D eigenvalue weighted by Gasteiger charge is 2.53. The molecule has 1 aromatic carbocycles. The Morgan fingerprint density at radius 1 is 1.21 bits per heavy atom. The summed E-state index contributed by atoms with van der Waals surface area (Å²) < 4.78 is 36.3. The van der Waals surface area contributed by atoms with Gasteiger partial charge in [0.1, 0.15) is 12.3 Å². The van der Waals surface area contributed by atoms with Crippen LogP contribution in [-0.4, -0.2) is 57.3 Å². The van der Waals surface area contributed by atoms with Crippen LogP contribution in [0.2, 0.25) is 0 Å². The second-order valence-electron chi connectivity index (χ2n) is 6.14. The van der Waals surface area contributed by atoms with Gasteiger partial charge in [-0.3, -0.25) is 9.59 Å². The molecule has 0 saturated heterocycles. The van der Waals surface area contributed by atoms with Crippen LogP contribution in [0.4, 0.5) is 0 Å². The molecule has 8 nitrogen and oxygen atoms in total. The van der Waals surface area contributed by atoms with Gasteiger partial charge in [0, 0.05) is 19.8 Å². The van der Waals surface area contributed by atoms with Crippen LogP contribution in [0.1, 0.15) is 19.8 Å². The maximum absolute atomic E-state index is 13.2. The third kappa shape index (κ3) is 4.51. The van der Waals surface area contributed by atoms with E-state index < -0.39 is 45.3 Å². The van der Waals surface area contributed by atoms with E-state index in [1.807, 2.05) is 0 Å². The molecule has 0 heterocycles. The maximum atomic E-state index is 13.2. The van der Waals surface area contributed by atoms with Crippen molar-refractivity contribution in [1.82, 2.24) is 0 Å². The summed E-state index contributed by atoms with van der Waals surface area (Å²) in [5, 5.41) is 10.4. The van der Waals surface area contributed by atoms with Crippen molar-refractivity contribution in [3.63, 3.8) is 0 Å². The van der Waals surface area contributed by atoms with Gasteiger partial charge in [0.25, 0.3) is 0 Å². The lowest BCUT2D eigenvalue weighted by Gasteiger charge is -2.29. The number of esters is 2. The van der Waals surface area contributed by atoms with Crippen molar-refractivity contribution in [3.8, 4) is 12.3 Å². The van der Waals surface area contributed by atoms with Crippen LogP contribution < -0.4 is 0 Å². The number of hydrogen-bond donors (Lipinski definition) is 0. The van der Waals surface area contributed by atoms with Gasteiger partial charge in [0.2, 0.25) is 0 Å². The van der Waals surface area contributed by atoms with Gasteiger partial charge >= 0.3 is 11.9 Å².